The van der Waals surface area contributed by atoms with Crippen LogP contribution < -0.4 is 4.90 Å². The molecule has 0 atom stereocenters. The molecule has 0 radical (unpaired) electrons. The third-order valence-electron chi connectivity index (χ3n) is 3.01. The largest absolute Gasteiger partial charge is 0.306 e. The van der Waals surface area contributed by atoms with Crippen molar-refractivity contribution in [2.24, 2.45) is 0 Å². The number of anilines is 1. The van der Waals surface area contributed by atoms with E-state index in [2.05, 4.69) is 0 Å². The van der Waals surface area contributed by atoms with E-state index in [4.69, 9.17) is 0 Å². The zero-order valence-electron chi connectivity index (χ0n) is 9.68. The molecule has 90 valence electrons. The summed E-state index contributed by atoms with van der Waals surface area (Å²) in [6.07, 6.45) is 2.25. The van der Waals surface area contributed by atoms with Crippen molar-refractivity contribution in [1.29, 1.82) is 0 Å². The molecule has 1 aliphatic rings. The number of nitro benzene ring substituents is 1. The summed E-state index contributed by atoms with van der Waals surface area (Å²) >= 11 is 0. The van der Waals surface area contributed by atoms with Crippen LogP contribution in [0.1, 0.15) is 24.8 Å². The molecule has 1 aliphatic heterocycles. The van der Waals surface area contributed by atoms with E-state index in [1.165, 1.54) is 6.07 Å². The highest BCUT2D eigenvalue weighted by molar-refractivity contribution is 5.97. The van der Waals surface area contributed by atoms with E-state index in [1.54, 1.807) is 24.0 Å². The molecule has 1 aromatic rings. The van der Waals surface area contributed by atoms with Crippen molar-refractivity contribution < 1.29 is 9.72 Å². The fraction of sp³-hybridized carbons (Fsp3) is 0.417. The zero-order valence-corrected chi connectivity index (χ0v) is 9.68. The van der Waals surface area contributed by atoms with Gasteiger partial charge in [0.1, 0.15) is 5.69 Å². The minimum absolute atomic E-state index is 0.0141. The van der Waals surface area contributed by atoms with Crippen LogP contribution in [0.4, 0.5) is 11.4 Å². The number of carbonyl (C=O) groups is 1. The maximum atomic E-state index is 11.8. The first kappa shape index (κ1) is 11.6. The first-order valence-corrected chi connectivity index (χ1v) is 5.65. The number of nitro groups is 1. The fourth-order valence-electron chi connectivity index (χ4n) is 2.18. The predicted octanol–water partition coefficient (Wildman–Crippen LogP) is 2.42. The van der Waals surface area contributed by atoms with Crippen LogP contribution >= 0.6 is 0 Å². The molecule has 17 heavy (non-hydrogen) atoms. The van der Waals surface area contributed by atoms with Crippen LogP contribution in [0.25, 0.3) is 0 Å². The summed E-state index contributed by atoms with van der Waals surface area (Å²) in [6.45, 7) is 2.37. The monoisotopic (exact) mass is 234 g/mol. The molecule has 1 fully saturated rings. The van der Waals surface area contributed by atoms with Crippen molar-refractivity contribution in [2.45, 2.75) is 26.2 Å². The molecule has 0 unspecified atom stereocenters. The molecular formula is C12H14N2O3. The second-order valence-corrected chi connectivity index (χ2v) is 4.20. The molecule has 0 aliphatic carbocycles. The van der Waals surface area contributed by atoms with Gasteiger partial charge in [-0.2, -0.15) is 0 Å². The molecule has 1 saturated heterocycles. The molecule has 0 saturated carbocycles. The number of amides is 1. The maximum absolute atomic E-state index is 11.8. The molecule has 1 amide bonds. The number of aryl methyl sites for hydroxylation is 1. The van der Waals surface area contributed by atoms with Crippen LogP contribution in [0.2, 0.25) is 0 Å². The smallest absolute Gasteiger partial charge is 0.293 e. The molecule has 1 aromatic carbocycles. The lowest BCUT2D eigenvalue weighted by molar-refractivity contribution is -0.384. The highest BCUT2D eigenvalue weighted by Crippen LogP contribution is 2.33. The number of nitrogens with zero attached hydrogens (tertiary/aromatic N) is 2. The lowest BCUT2D eigenvalue weighted by atomic mass is 10.1. The molecule has 5 nitrogen and oxygen atoms in total. The Labute approximate surface area is 99.2 Å². The van der Waals surface area contributed by atoms with Gasteiger partial charge in [0.2, 0.25) is 5.91 Å². The van der Waals surface area contributed by atoms with E-state index < -0.39 is 4.92 Å². The summed E-state index contributed by atoms with van der Waals surface area (Å²) in [5, 5.41) is 11.0. The minimum Gasteiger partial charge on any atom is -0.306 e. The molecule has 0 N–H and O–H groups in total. The summed E-state index contributed by atoms with van der Waals surface area (Å²) in [5.74, 6) is -0.0198. The van der Waals surface area contributed by atoms with Gasteiger partial charge in [-0.15, -0.1) is 0 Å². The Morgan fingerprint density at radius 3 is 2.76 bits per heavy atom. The molecule has 2 rings (SSSR count). The van der Waals surface area contributed by atoms with Crippen molar-refractivity contribution >= 4 is 17.3 Å². The van der Waals surface area contributed by atoms with Gasteiger partial charge in [-0.3, -0.25) is 14.9 Å². The fourth-order valence-corrected chi connectivity index (χ4v) is 2.18. The van der Waals surface area contributed by atoms with Crippen molar-refractivity contribution in [3.8, 4) is 0 Å². The summed E-state index contributed by atoms with van der Waals surface area (Å²) in [7, 11) is 0. The normalized spacial score (nSPS) is 16.1. The summed E-state index contributed by atoms with van der Waals surface area (Å²) in [4.78, 5) is 23.9. The number of para-hydroxylation sites is 1. The number of rotatable bonds is 2. The molecular weight excluding hydrogens is 220 g/mol. The molecule has 1 heterocycles. The first-order chi connectivity index (χ1) is 8.11. The molecule has 5 heteroatoms. The average molecular weight is 234 g/mol. The Bertz CT molecular complexity index is 471. The van der Waals surface area contributed by atoms with Gasteiger partial charge in [-0.25, -0.2) is 0 Å². The Hall–Kier alpha value is -1.91. The van der Waals surface area contributed by atoms with Crippen LogP contribution in [-0.2, 0) is 4.79 Å². The number of hydrogen-bond acceptors (Lipinski definition) is 3. The van der Waals surface area contributed by atoms with Gasteiger partial charge in [0.05, 0.1) is 4.92 Å². The van der Waals surface area contributed by atoms with Gasteiger partial charge in [0.15, 0.2) is 0 Å². The van der Waals surface area contributed by atoms with Crippen LogP contribution in [0.5, 0.6) is 0 Å². The second kappa shape index (κ2) is 4.53. The van der Waals surface area contributed by atoms with Gasteiger partial charge in [0.25, 0.3) is 5.69 Å². The number of piperidine rings is 1. The lowest BCUT2D eigenvalue weighted by Crippen LogP contribution is -2.36. The first-order valence-electron chi connectivity index (χ1n) is 5.65. The SMILES string of the molecule is Cc1cccc([N+](=O)[O-])c1N1CCCCC1=O. The Morgan fingerprint density at radius 2 is 2.12 bits per heavy atom. The Balaban J connectivity index is 2.49. The van der Waals surface area contributed by atoms with E-state index in [-0.39, 0.29) is 11.6 Å². The number of benzene rings is 1. The summed E-state index contributed by atoms with van der Waals surface area (Å²) in [5.41, 5.74) is 1.25. The van der Waals surface area contributed by atoms with Gasteiger partial charge in [-0.05, 0) is 25.3 Å². The quantitative estimate of drug-likeness (QED) is 0.583. The standard InChI is InChI=1S/C12H14N2O3/c1-9-5-4-6-10(14(16)17)12(9)13-8-3-2-7-11(13)15/h4-6H,2-3,7-8H2,1H3. The van der Waals surface area contributed by atoms with Crippen molar-refractivity contribution in [2.75, 3.05) is 11.4 Å². The topological polar surface area (TPSA) is 63.5 Å². The molecule has 0 aromatic heterocycles. The summed E-state index contributed by atoms with van der Waals surface area (Å²) < 4.78 is 0. The van der Waals surface area contributed by atoms with Crippen LogP contribution in [0.15, 0.2) is 18.2 Å². The summed E-state index contributed by atoms with van der Waals surface area (Å²) in [6, 6.07) is 4.89. The Morgan fingerprint density at radius 1 is 1.35 bits per heavy atom. The highest BCUT2D eigenvalue weighted by atomic mass is 16.6. The zero-order chi connectivity index (χ0) is 12.4. The molecule has 0 bridgehead atoms. The third kappa shape index (κ3) is 2.13. The predicted molar refractivity (Wildman–Crippen MR) is 64.0 cm³/mol. The van der Waals surface area contributed by atoms with Gasteiger partial charge in [-0.1, -0.05) is 12.1 Å². The third-order valence-corrected chi connectivity index (χ3v) is 3.01. The van der Waals surface area contributed by atoms with E-state index >= 15 is 0 Å². The lowest BCUT2D eigenvalue weighted by Gasteiger charge is -2.27. The average Bonchev–Trinajstić information content (AvgIpc) is 2.30. The second-order valence-electron chi connectivity index (χ2n) is 4.20. The molecule has 0 spiro atoms. The van der Waals surface area contributed by atoms with Crippen molar-refractivity contribution in [3.63, 3.8) is 0 Å². The van der Waals surface area contributed by atoms with Crippen molar-refractivity contribution in [1.82, 2.24) is 0 Å². The van der Waals surface area contributed by atoms with Gasteiger partial charge >= 0.3 is 0 Å². The highest BCUT2D eigenvalue weighted by Gasteiger charge is 2.27. The van der Waals surface area contributed by atoms with Crippen LogP contribution in [0.3, 0.4) is 0 Å². The van der Waals surface area contributed by atoms with E-state index in [9.17, 15) is 14.9 Å². The van der Waals surface area contributed by atoms with E-state index in [0.717, 1.165) is 18.4 Å². The van der Waals surface area contributed by atoms with Crippen LogP contribution in [0, 0.1) is 17.0 Å². The van der Waals surface area contributed by atoms with Crippen molar-refractivity contribution in [3.05, 3.63) is 33.9 Å². The van der Waals surface area contributed by atoms with Gasteiger partial charge < -0.3 is 4.90 Å². The Kier molecular flexibility index (Phi) is 3.08. The van der Waals surface area contributed by atoms with E-state index in [0.29, 0.717) is 18.7 Å². The van der Waals surface area contributed by atoms with Crippen LogP contribution in [-0.4, -0.2) is 17.4 Å². The maximum Gasteiger partial charge on any atom is 0.293 e. The minimum atomic E-state index is -0.426. The van der Waals surface area contributed by atoms with E-state index in [1.807, 2.05) is 0 Å². The van der Waals surface area contributed by atoms with Gasteiger partial charge in [0, 0.05) is 19.0 Å². The number of carbonyl (C=O) groups excluding carboxylic acids is 1. The number of hydrogen-bond donors (Lipinski definition) is 0.